The van der Waals surface area contributed by atoms with Crippen molar-refractivity contribution in [3.8, 4) is 0 Å². The van der Waals surface area contributed by atoms with E-state index >= 15 is 0 Å². The minimum atomic E-state index is -0.534. The Morgan fingerprint density at radius 3 is 2.22 bits per heavy atom. The topological polar surface area (TPSA) is 49.4 Å². The summed E-state index contributed by atoms with van der Waals surface area (Å²) in [4.78, 5) is 25.6. The van der Waals surface area contributed by atoms with Gasteiger partial charge in [0.1, 0.15) is 5.70 Å². The standard InChI is InChI=1S/C16H9Cl3N2O2/c17-10-3-5-12(6-4-10)21-15(22)14(20-16(21)23)7-9-1-2-11(18)8-13(9)19/h1-8H,(H,20,23)/b14-7+. The molecule has 2 aromatic carbocycles. The van der Waals surface area contributed by atoms with E-state index in [-0.39, 0.29) is 5.70 Å². The van der Waals surface area contributed by atoms with Crippen LogP contribution < -0.4 is 10.2 Å². The molecule has 23 heavy (non-hydrogen) atoms. The highest BCUT2D eigenvalue weighted by atomic mass is 35.5. The maximum absolute atomic E-state index is 12.5. The normalized spacial score (nSPS) is 16.1. The molecule has 2 aromatic rings. The molecule has 1 heterocycles. The lowest BCUT2D eigenvalue weighted by Gasteiger charge is -2.11. The number of hydrogen-bond donors (Lipinski definition) is 1. The number of carbonyl (C=O) groups is 2. The molecule has 1 aliphatic heterocycles. The zero-order valence-corrected chi connectivity index (χ0v) is 13.8. The van der Waals surface area contributed by atoms with Gasteiger partial charge in [-0.1, -0.05) is 40.9 Å². The van der Waals surface area contributed by atoms with E-state index in [1.165, 1.54) is 6.08 Å². The Hall–Kier alpha value is -2.01. The van der Waals surface area contributed by atoms with Crippen molar-refractivity contribution in [1.82, 2.24) is 5.32 Å². The quantitative estimate of drug-likeness (QED) is 0.615. The second-order valence-corrected chi connectivity index (χ2v) is 6.05. The first-order valence-corrected chi connectivity index (χ1v) is 7.67. The summed E-state index contributed by atoms with van der Waals surface area (Å²) in [6.07, 6.45) is 1.51. The highest BCUT2D eigenvalue weighted by molar-refractivity contribution is 6.36. The predicted molar refractivity (Wildman–Crippen MR) is 91.9 cm³/mol. The fourth-order valence-corrected chi connectivity index (χ4v) is 2.72. The van der Waals surface area contributed by atoms with Gasteiger partial charge in [0.05, 0.1) is 5.69 Å². The molecule has 7 heteroatoms. The van der Waals surface area contributed by atoms with Crippen LogP contribution in [-0.4, -0.2) is 11.9 Å². The van der Waals surface area contributed by atoms with Gasteiger partial charge in [0.15, 0.2) is 0 Å². The lowest BCUT2D eigenvalue weighted by atomic mass is 10.2. The molecule has 116 valence electrons. The van der Waals surface area contributed by atoms with Crippen LogP contribution in [0.5, 0.6) is 0 Å². The molecule has 0 bridgehead atoms. The summed E-state index contributed by atoms with van der Waals surface area (Å²) in [5.41, 5.74) is 1.15. The molecule has 1 fully saturated rings. The molecular formula is C16H9Cl3N2O2. The average Bonchev–Trinajstić information content (AvgIpc) is 2.78. The lowest BCUT2D eigenvalue weighted by Crippen LogP contribution is -2.30. The molecule has 0 saturated carbocycles. The number of halogens is 3. The van der Waals surface area contributed by atoms with Crippen LogP contribution in [-0.2, 0) is 4.79 Å². The molecule has 3 rings (SSSR count). The second-order valence-electron chi connectivity index (χ2n) is 4.77. The number of urea groups is 1. The average molecular weight is 368 g/mol. The van der Waals surface area contributed by atoms with Crippen LogP contribution >= 0.6 is 34.8 Å². The molecule has 3 amide bonds. The molecule has 0 unspecified atom stereocenters. The number of nitrogens with zero attached hydrogens (tertiary/aromatic N) is 1. The van der Waals surface area contributed by atoms with Gasteiger partial charge in [-0.25, -0.2) is 9.69 Å². The number of benzene rings is 2. The monoisotopic (exact) mass is 366 g/mol. The van der Waals surface area contributed by atoms with Gasteiger partial charge in [-0.2, -0.15) is 0 Å². The molecule has 1 N–H and O–H groups in total. The lowest BCUT2D eigenvalue weighted by molar-refractivity contribution is -0.113. The van der Waals surface area contributed by atoms with E-state index in [0.29, 0.717) is 26.3 Å². The highest BCUT2D eigenvalue weighted by Gasteiger charge is 2.34. The molecule has 4 nitrogen and oxygen atoms in total. The molecule has 0 aliphatic carbocycles. The minimum absolute atomic E-state index is 0.133. The maximum Gasteiger partial charge on any atom is 0.333 e. The summed E-state index contributed by atoms with van der Waals surface area (Å²) in [5, 5.41) is 3.92. The molecule has 0 aromatic heterocycles. The summed E-state index contributed by atoms with van der Waals surface area (Å²) >= 11 is 17.7. The van der Waals surface area contributed by atoms with Crippen LogP contribution in [0.4, 0.5) is 10.5 Å². The van der Waals surface area contributed by atoms with Gasteiger partial charge in [-0.15, -0.1) is 0 Å². The Balaban J connectivity index is 1.94. The van der Waals surface area contributed by atoms with Crippen LogP contribution in [0.25, 0.3) is 6.08 Å². The zero-order chi connectivity index (χ0) is 16.6. The van der Waals surface area contributed by atoms with E-state index in [9.17, 15) is 9.59 Å². The van der Waals surface area contributed by atoms with Gasteiger partial charge in [0.2, 0.25) is 0 Å². The summed E-state index contributed by atoms with van der Waals surface area (Å²) in [6, 6.07) is 10.8. The molecule has 1 saturated heterocycles. The third-order valence-corrected chi connectivity index (χ3v) is 4.04. The summed E-state index contributed by atoms with van der Waals surface area (Å²) in [6.45, 7) is 0. The first-order valence-electron chi connectivity index (χ1n) is 6.53. The summed E-state index contributed by atoms with van der Waals surface area (Å²) in [5.74, 6) is -0.469. The number of amides is 3. The van der Waals surface area contributed by atoms with Gasteiger partial charge in [0.25, 0.3) is 5.91 Å². The zero-order valence-electron chi connectivity index (χ0n) is 11.5. The van der Waals surface area contributed by atoms with E-state index in [1.54, 1.807) is 42.5 Å². The van der Waals surface area contributed by atoms with E-state index < -0.39 is 11.9 Å². The van der Waals surface area contributed by atoms with E-state index in [2.05, 4.69) is 5.32 Å². The van der Waals surface area contributed by atoms with Crippen LogP contribution in [0.3, 0.4) is 0 Å². The van der Waals surface area contributed by atoms with Crippen molar-refractivity contribution in [1.29, 1.82) is 0 Å². The molecular weight excluding hydrogens is 359 g/mol. The summed E-state index contributed by atoms with van der Waals surface area (Å²) < 4.78 is 0. The SMILES string of the molecule is O=C1N/C(=C/c2ccc(Cl)cc2Cl)C(=O)N1c1ccc(Cl)cc1. The Bertz CT molecular complexity index is 832. The third-order valence-electron chi connectivity index (χ3n) is 3.23. The number of anilines is 1. The van der Waals surface area contributed by atoms with Crippen molar-refractivity contribution in [2.75, 3.05) is 4.90 Å². The molecule has 0 atom stereocenters. The Morgan fingerprint density at radius 2 is 1.57 bits per heavy atom. The Kier molecular flexibility index (Phi) is 4.31. The number of rotatable bonds is 2. The Labute approximate surface area is 147 Å². The third kappa shape index (κ3) is 3.20. The van der Waals surface area contributed by atoms with Crippen LogP contribution in [0.1, 0.15) is 5.56 Å². The van der Waals surface area contributed by atoms with Gasteiger partial charge in [-0.3, -0.25) is 4.79 Å². The van der Waals surface area contributed by atoms with Crippen molar-refractivity contribution in [2.45, 2.75) is 0 Å². The number of hydrogen-bond acceptors (Lipinski definition) is 2. The number of nitrogens with one attached hydrogen (secondary N) is 1. The maximum atomic E-state index is 12.5. The number of imide groups is 1. The van der Waals surface area contributed by atoms with Gasteiger partial charge >= 0.3 is 6.03 Å². The van der Waals surface area contributed by atoms with Crippen LogP contribution in [0, 0.1) is 0 Å². The van der Waals surface area contributed by atoms with Gasteiger partial charge < -0.3 is 5.32 Å². The van der Waals surface area contributed by atoms with E-state index in [4.69, 9.17) is 34.8 Å². The largest absolute Gasteiger partial charge is 0.333 e. The first-order chi connectivity index (χ1) is 11.0. The number of carbonyl (C=O) groups excluding carboxylic acids is 2. The van der Waals surface area contributed by atoms with Crippen molar-refractivity contribution in [3.05, 3.63) is 68.8 Å². The van der Waals surface area contributed by atoms with Crippen molar-refractivity contribution >= 4 is 58.5 Å². The molecule has 1 aliphatic rings. The van der Waals surface area contributed by atoms with Crippen LogP contribution in [0.15, 0.2) is 48.2 Å². The first kappa shape index (κ1) is 15.9. The van der Waals surface area contributed by atoms with Crippen molar-refractivity contribution < 1.29 is 9.59 Å². The molecule has 0 radical (unpaired) electrons. The van der Waals surface area contributed by atoms with Crippen molar-refractivity contribution in [3.63, 3.8) is 0 Å². The summed E-state index contributed by atoms with van der Waals surface area (Å²) in [7, 11) is 0. The van der Waals surface area contributed by atoms with Gasteiger partial charge in [0, 0.05) is 15.1 Å². The van der Waals surface area contributed by atoms with Gasteiger partial charge in [-0.05, 0) is 48.0 Å². The van der Waals surface area contributed by atoms with E-state index in [0.717, 1.165) is 4.90 Å². The fraction of sp³-hybridized carbons (Fsp3) is 0. The second kappa shape index (κ2) is 6.24. The smallest absolute Gasteiger partial charge is 0.302 e. The van der Waals surface area contributed by atoms with Crippen LogP contribution in [0.2, 0.25) is 15.1 Å². The molecule has 0 spiro atoms. The predicted octanol–water partition coefficient (Wildman–Crippen LogP) is 4.74. The highest BCUT2D eigenvalue weighted by Crippen LogP contribution is 2.26. The Morgan fingerprint density at radius 1 is 0.913 bits per heavy atom. The van der Waals surface area contributed by atoms with Crippen molar-refractivity contribution in [2.24, 2.45) is 0 Å². The minimum Gasteiger partial charge on any atom is -0.302 e. The van der Waals surface area contributed by atoms with E-state index in [1.807, 2.05) is 0 Å². The fourth-order valence-electron chi connectivity index (χ4n) is 2.13.